The second kappa shape index (κ2) is 6.83. The third kappa shape index (κ3) is 3.69. The highest BCUT2D eigenvalue weighted by Gasteiger charge is 2.11. The predicted octanol–water partition coefficient (Wildman–Crippen LogP) is 4.78. The third-order valence-corrected chi connectivity index (χ3v) is 3.57. The molecule has 2 rings (SSSR count). The zero-order valence-corrected chi connectivity index (χ0v) is 13.2. The average molecular weight is 325 g/mol. The van der Waals surface area contributed by atoms with Crippen molar-refractivity contribution in [2.45, 2.75) is 13.5 Å². The Hall–Kier alpha value is -1.71. The summed E-state index contributed by atoms with van der Waals surface area (Å²) in [6.07, 6.45) is 0. The first-order chi connectivity index (χ1) is 10.0. The Morgan fingerprint density at radius 3 is 2.38 bits per heavy atom. The van der Waals surface area contributed by atoms with Crippen LogP contribution in [0.3, 0.4) is 0 Å². The van der Waals surface area contributed by atoms with Crippen LogP contribution in [0.1, 0.15) is 22.8 Å². The molecule has 0 amide bonds. The lowest BCUT2D eigenvalue weighted by molar-refractivity contribution is 0.101. The molecule has 0 N–H and O–H groups in total. The van der Waals surface area contributed by atoms with E-state index in [2.05, 4.69) is 0 Å². The molecule has 0 aromatic heterocycles. The molecule has 0 unspecified atom stereocenters. The van der Waals surface area contributed by atoms with Crippen LogP contribution in [-0.2, 0) is 6.61 Å². The zero-order chi connectivity index (χ0) is 15.4. The summed E-state index contributed by atoms with van der Waals surface area (Å²) in [7, 11) is 1.56. The summed E-state index contributed by atoms with van der Waals surface area (Å²) in [5.74, 6) is 1.04. The Balaban J connectivity index is 2.26. The van der Waals surface area contributed by atoms with Crippen LogP contribution >= 0.6 is 23.2 Å². The van der Waals surface area contributed by atoms with Crippen LogP contribution in [0.2, 0.25) is 10.0 Å². The number of carbonyl (C=O) groups excluding carboxylic acids is 1. The first kappa shape index (κ1) is 15.7. The van der Waals surface area contributed by atoms with Crippen molar-refractivity contribution in [2.24, 2.45) is 0 Å². The molecule has 110 valence electrons. The van der Waals surface area contributed by atoms with Gasteiger partial charge in [0.1, 0.15) is 12.4 Å². The van der Waals surface area contributed by atoms with Gasteiger partial charge in [0.05, 0.1) is 17.2 Å². The topological polar surface area (TPSA) is 35.5 Å². The van der Waals surface area contributed by atoms with Gasteiger partial charge in [0, 0.05) is 11.1 Å². The van der Waals surface area contributed by atoms with E-state index in [1.54, 1.807) is 43.5 Å². The molecule has 0 fully saturated rings. The van der Waals surface area contributed by atoms with E-state index in [1.807, 2.05) is 0 Å². The van der Waals surface area contributed by atoms with Gasteiger partial charge in [0.2, 0.25) is 0 Å². The van der Waals surface area contributed by atoms with Gasteiger partial charge < -0.3 is 9.47 Å². The minimum Gasteiger partial charge on any atom is -0.496 e. The first-order valence-electron chi connectivity index (χ1n) is 6.27. The lowest BCUT2D eigenvalue weighted by atomic mass is 10.1. The number of para-hydroxylation sites is 1. The molecule has 21 heavy (non-hydrogen) atoms. The number of rotatable bonds is 5. The number of ether oxygens (including phenoxy) is 2. The fraction of sp³-hybridized carbons (Fsp3) is 0.188. The quantitative estimate of drug-likeness (QED) is 0.742. The van der Waals surface area contributed by atoms with E-state index in [1.165, 1.54) is 6.92 Å². The molecule has 0 atom stereocenters. The van der Waals surface area contributed by atoms with Crippen molar-refractivity contribution in [1.82, 2.24) is 0 Å². The average Bonchev–Trinajstić information content (AvgIpc) is 2.46. The number of carbonyl (C=O) groups is 1. The van der Waals surface area contributed by atoms with E-state index >= 15 is 0 Å². The number of halogens is 2. The van der Waals surface area contributed by atoms with Crippen molar-refractivity contribution in [2.75, 3.05) is 7.11 Å². The second-order valence-corrected chi connectivity index (χ2v) is 5.24. The Morgan fingerprint density at radius 1 is 1.14 bits per heavy atom. The molecule has 0 aliphatic rings. The van der Waals surface area contributed by atoms with Crippen molar-refractivity contribution in [1.29, 1.82) is 0 Å². The molecule has 0 aliphatic carbocycles. The molecule has 2 aromatic carbocycles. The summed E-state index contributed by atoms with van der Waals surface area (Å²) < 4.78 is 10.9. The largest absolute Gasteiger partial charge is 0.496 e. The molecule has 0 spiro atoms. The molecule has 0 saturated carbocycles. The van der Waals surface area contributed by atoms with E-state index in [-0.39, 0.29) is 12.4 Å². The molecule has 0 heterocycles. The number of methoxy groups -OCH3 is 1. The normalized spacial score (nSPS) is 10.3. The molecular formula is C16H14Cl2O3. The maximum Gasteiger partial charge on any atom is 0.159 e. The van der Waals surface area contributed by atoms with Crippen LogP contribution in [-0.4, -0.2) is 12.9 Å². The Kier molecular flexibility index (Phi) is 5.10. The number of hydrogen-bond donors (Lipinski definition) is 0. The molecule has 2 aromatic rings. The third-order valence-electron chi connectivity index (χ3n) is 2.98. The van der Waals surface area contributed by atoms with Crippen LogP contribution in [0, 0.1) is 0 Å². The fourth-order valence-corrected chi connectivity index (χ4v) is 2.39. The van der Waals surface area contributed by atoms with Gasteiger partial charge in [-0.15, -0.1) is 0 Å². The smallest absolute Gasteiger partial charge is 0.159 e. The number of hydrogen-bond acceptors (Lipinski definition) is 3. The van der Waals surface area contributed by atoms with Gasteiger partial charge in [-0.3, -0.25) is 4.79 Å². The molecule has 0 aliphatic heterocycles. The Bertz CT molecular complexity index is 648. The van der Waals surface area contributed by atoms with Gasteiger partial charge in [-0.2, -0.15) is 0 Å². The minimum atomic E-state index is -0.0188. The van der Waals surface area contributed by atoms with Crippen molar-refractivity contribution in [3.8, 4) is 11.5 Å². The van der Waals surface area contributed by atoms with Crippen LogP contribution < -0.4 is 9.47 Å². The summed E-state index contributed by atoms with van der Waals surface area (Å²) in [4.78, 5) is 11.5. The summed E-state index contributed by atoms with van der Waals surface area (Å²) in [5, 5.41) is 0.869. The Morgan fingerprint density at radius 2 is 1.81 bits per heavy atom. The maximum absolute atomic E-state index is 11.5. The van der Waals surface area contributed by atoms with Crippen LogP contribution in [0.5, 0.6) is 11.5 Å². The number of ketones is 1. The van der Waals surface area contributed by atoms with Gasteiger partial charge in [-0.1, -0.05) is 29.3 Å². The van der Waals surface area contributed by atoms with E-state index < -0.39 is 0 Å². The van der Waals surface area contributed by atoms with Crippen LogP contribution in [0.4, 0.5) is 0 Å². The minimum absolute atomic E-state index is 0.0188. The van der Waals surface area contributed by atoms with Gasteiger partial charge in [0.15, 0.2) is 11.5 Å². The van der Waals surface area contributed by atoms with Crippen molar-refractivity contribution in [3.63, 3.8) is 0 Å². The molecule has 0 radical (unpaired) electrons. The number of benzene rings is 2. The van der Waals surface area contributed by atoms with Gasteiger partial charge in [-0.05, 0) is 37.3 Å². The van der Waals surface area contributed by atoms with E-state index in [0.29, 0.717) is 27.1 Å². The second-order valence-electron chi connectivity index (χ2n) is 4.42. The highest BCUT2D eigenvalue weighted by Crippen LogP contribution is 2.33. The maximum atomic E-state index is 11.5. The van der Waals surface area contributed by atoms with Crippen molar-refractivity contribution >= 4 is 29.0 Å². The summed E-state index contributed by atoms with van der Waals surface area (Å²) in [6.45, 7) is 1.71. The predicted molar refractivity (Wildman–Crippen MR) is 83.8 cm³/mol. The van der Waals surface area contributed by atoms with Crippen LogP contribution in [0.25, 0.3) is 0 Å². The monoisotopic (exact) mass is 324 g/mol. The first-order valence-corrected chi connectivity index (χ1v) is 7.03. The van der Waals surface area contributed by atoms with Crippen molar-refractivity contribution < 1.29 is 14.3 Å². The highest BCUT2D eigenvalue weighted by atomic mass is 35.5. The molecular weight excluding hydrogens is 311 g/mol. The van der Waals surface area contributed by atoms with Crippen molar-refractivity contribution in [3.05, 3.63) is 57.6 Å². The van der Waals surface area contributed by atoms with Crippen LogP contribution in [0.15, 0.2) is 36.4 Å². The summed E-state index contributed by atoms with van der Waals surface area (Å²) >= 11 is 12.1. The summed E-state index contributed by atoms with van der Waals surface area (Å²) in [5.41, 5.74) is 1.35. The molecule has 5 heteroatoms. The molecule has 3 nitrogen and oxygen atoms in total. The lowest BCUT2D eigenvalue weighted by Gasteiger charge is -2.13. The van der Waals surface area contributed by atoms with E-state index in [9.17, 15) is 4.79 Å². The zero-order valence-electron chi connectivity index (χ0n) is 11.7. The van der Waals surface area contributed by atoms with Gasteiger partial charge in [-0.25, -0.2) is 0 Å². The SMILES string of the molecule is COc1ccc(C(C)=O)cc1COc1c(Cl)cccc1Cl. The van der Waals surface area contributed by atoms with E-state index in [0.717, 1.165) is 5.56 Å². The molecule has 0 bridgehead atoms. The number of Topliss-reactive ketones (excluding diaryl/α,β-unsaturated/α-hetero) is 1. The fourth-order valence-electron chi connectivity index (χ4n) is 1.88. The Labute approximate surface area is 133 Å². The van der Waals surface area contributed by atoms with Gasteiger partial charge >= 0.3 is 0 Å². The van der Waals surface area contributed by atoms with Gasteiger partial charge in [0.25, 0.3) is 0 Å². The standard InChI is InChI=1S/C16H14Cl2O3/c1-10(19)11-6-7-15(20-2)12(8-11)9-21-16-13(17)4-3-5-14(16)18/h3-8H,9H2,1-2H3. The summed E-state index contributed by atoms with van der Waals surface area (Å²) in [6, 6.07) is 10.3. The highest BCUT2D eigenvalue weighted by molar-refractivity contribution is 6.37. The molecule has 0 saturated heterocycles. The van der Waals surface area contributed by atoms with E-state index in [4.69, 9.17) is 32.7 Å². The lowest BCUT2D eigenvalue weighted by Crippen LogP contribution is -2.02.